The van der Waals surface area contributed by atoms with Crippen molar-refractivity contribution in [2.24, 2.45) is 22.2 Å². The summed E-state index contributed by atoms with van der Waals surface area (Å²) in [6.07, 6.45) is 2.08. The monoisotopic (exact) mass is 241 g/mol. The minimum atomic E-state index is -0.0485. The summed E-state index contributed by atoms with van der Waals surface area (Å²) in [5.74, 6) is 0.594. The zero-order valence-corrected chi connectivity index (χ0v) is 10.9. The molecule has 5 heteroatoms. The molecule has 5 nitrogen and oxygen atoms in total. The van der Waals surface area contributed by atoms with Gasteiger partial charge in [-0.05, 0) is 24.2 Å². The molecule has 0 aromatic rings. The van der Waals surface area contributed by atoms with E-state index in [0.29, 0.717) is 11.3 Å². The van der Waals surface area contributed by atoms with Crippen molar-refractivity contribution < 1.29 is 10.0 Å². The summed E-state index contributed by atoms with van der Waals surface area (Å²) < 4.78 is 0. The summed E-state index contributed by atoms with van der Waals surface area (Å²) >= 11 is 0. The summed E-state index contributed by atoms with van der Waals surface area (Å²) in [4.78, 5) is 13.6. The normalized spacial score (nSPS) is 19.5. The molecule has 0 aliphatic carbocycles. The van der Waals surface area contributed by atoms with Crippen LogP contribution in [0, 0.1) is 11.3 Å². The van der Waals surface area contributed by atoms with E-state index in [0.717, 1.165) is 25.9 Å². The van der Waals surface area contributed by atoms with Crippen LogP contribution in [0.25, 0.3) is 0 Å². The number of piperidine rings is 1. The van der Waals surface area contributed by atoms with Crippen LogP contribution in [-0.2, 0) is 4.79 Å². The highest BCUT2D eigenvalue weighted by molar-refractivity contribution is 5.98. The van der Waals surface area contributed by atoms with Gasteiger partial charge in [-0.3, -0.25) is 4.79 Å². The first-order valence-electron chi connectivity index (χ1n) is 6.08. The standard InChI is InChI=1S/C12H23N3O2/c1-12(2,3)9-4-6-15(7-5-9)11(16)8-10(13)14-17/h9,17H,4-8H2,1-3H3,(H2,13,14). The van der Waals surface area contributed by atoms with E-state index in [1.54, 1.807) is 4.90 Å². The molecule has 0 saturated carbocycles. The van der Waals surface area contributed by atoms with E-state index in [-0.39, 0.29) is 18.2 Å². The van der Waals surface area contributed by atoms with Crippen molar-refractivity contribution in [2.45, 2.75) is 40.0 Å². The largest absolute Gasteiger partial charge is 0.409 e. The van der Waals surface area contributed by atoms with Crippen LogP contribution in [0.15, 0.2) is 5.16 Å². The summed E-state index contributed by atoms with van der Waals surface area (Å²) in [7, 11) is 0. The molecule has 0 aromatic heterocycles. The van der Waals surface area contributed by atoms with Gasteiger partial charge in [0.2, 0.25) is 5.91 Å². The molecule has 0 spiro atoms. The molecule has 0 aromatic carbocycles. The van der Waals surface area contributed by atoms with Gasteiger partial charge < -0.3 is 15.8 Å². The van der Waals surface area contributed by atoms with Crippen LogP contribution in [-0.4, -0.2) is 34.9 Å². The van der Waals surface area contributed by atoms with Gasteiger partial charge in [0.1, 0.15) is 5.84 Å². The molecule has 1 amide bonds. The number of nitrogens with zero attached hydrogens (tertiary/aromatic N) is 2. The van der Waals surface area contributed by atoms with Crippen molar-refractivity contribution in [1.29, 1.82) is 0 Å². The number of hydrogen-bond acceptors (Lipinski definition) is 3. The number of hydrogen-bond donors (Lipinski definition) is 2. The third kappa shape index (κ3) is 3.91. The number of nitrogens with two attached hydrogens (primary N) is 1. The molecule has 1 aliphatic heterocycles. The molecule has 1 fully saturated rings. The van der Waals surface area contributed by atoms with E-state index in [4.69, 9.17) is 10.9 Å². The number of likely N-dealkylation sites (tertiary alicyclic amines) is 1. The van der Waals surface area contributed by atoms with Crippen LogP contribution in [0.4, 0.5) is 0 Å². The Labute approximate surface area is 103 Å². The van der Waals surface area contributed by atoms with E-state index in [1.165, 1.54) is 0 Å². The third-order valence-corrected chi connectivity index (χ3v) is 3.53. The lowest BCUT2D eigenvalue weighted by molar-refractivity contribution is -0.131. The topological polar surface area (TPSA) is 78.9 Å². The summed E-state index contributed by atoms with van der Waals surface area (Å²) in [6.45, 7) is 8.28. The predicted octanol–water partition coefficient (Wildman–Crippen LogP) is 1.41. The minimum Gasteiger partial charge on any atom is -0.409 e. The van der Waals surface area contributed by atoms with Crippen LogP contribution in [0.5, 0.6) is 0 Å². The number of carbonyl (C=O) groups excluding carboxylic acids is 1. The van der Waals surface area contributed by atoms with Gasteiger partial charge in [-0.15, -0.1) is 0 Å². The van der Waals surface area contributed by atoms with Crippen molar-refractivity contribution in [2.75, 3.05) is 13.1 Å². The average molecular weight is 241 g/mol. The van der Waals surface area contributed by atoms with Crippen LogP contribution < -0.4 is 5.73 Å². The first-order chi connectivity index (χ1) is 7.84. The number of oxime groups is 1. The fraction of sp³-hybridized carbons (Fsp3) is 0.833. The van der Waals surface area contributed by atoms with Gasteiger partial charge in [0.05, 0.1) is 6.42 Å². The quantitative estimate of drug-likeness (QED) is 0.332. The van der Waals surface area contributed by atoms with Crippen LogP contribution in [0.3, 0.4) is 0 Å². The Balaban J connectivity index is 2.44. The number of amidine groups is 1. The van der Waals surface area contributed by atoms with E-state index >= 15 is 0 Å². The Kier molecular flexibility index (Phi) is 4.37. The van der Waals surface area contributed by atoms with Gasteiger partial charge in [-0.25, -0.2) is 0 Å². The Bertz CT molecular complexity index is 299. The molecular formula is C12H23N3O2. The maximum Gasteiger partial charge on any atom is 0.230 e. The molecule has 1 saturated heterocycles. The molecule has 1 aliphatic rings. The Morgan fingerprint density at radius 2 is 1.94 bits per heavy atom. The second-order valence-electron chi connectivity index (χ2n) is 5.79. The lowest BCUT2D eigenvalue weighted by Crippen LogP contribution is -2.42. The highest BCUT2D eigenvalue weighted by atomic mass is 16.4. The van der Waals surface area contributed by atoms with Gasteiger partial charge in [0, 0.05) is 13.1 Å². The maximum absolute atomic E-state index is 11.8. The Morgan fingerprint density at radius 1 is 1.41 bits per heavy atom. The fourth-order valence-corrected chi connectivity index (χ4v) is 2.30. The van der Waals surface area contributed by atoms with Crippen molar-refractivity contribution >= 4 is 11.7 Å². The zero-order chi connectivity index (χ0) is 13.1. The molecule has 0 bridgehead atoms. The summed E-state index contributed by atoms with van der Waals surface area (Å²) in [5.41, 5.74) is 5.64. The Hall–Kier alpha value is -1.26. The lowest BCUT2D eigenvalue weighted by atomic mass is 9.75. The van der Waals surface area contributed by atoms with Crippen molar-refractivity contribution in [3.63, 3.8) is 0 Å². The van der Waals surface area contributed by atoms with E-state index < -0.39 is 0 Å². The molecule has 3 N–H and O–H groups in total. The van der Waals surface area contributed by atoms with Crippen LogP contribution in [0.2, 0.25) is 0 Å². The molecule has 0 unspecified atom stereocenters. The first-order valence-corrected chi connectivity index (χ1v) is 6.08. The average Bonchev–Trinajstić information content (AvgIpc) is 2.27. The zero-order valence-electron chi connectivity index (χ0n) is 10.9. The first kappa shape index (κ1) is 13.8. The highest BCUT2D eigenvalue weighted by Crippen LogP contribution is 2.34. The lowest BCUT2D eigenvalue weighted by Gasteiger charge is -2.38. The van der Waals surface area contributed by atoms with E-state index in [2.05, 4.69) is 25.9 Å². The van der Waals surface area contributed by atoms with Gasteiger partial charge in [0.25, 0.3) is 0 Å². The highest BCUT2D eigenvalue weighted by Gasteiger charge is 2.30. The second-order valence-corrected chi connectivity index (χ2v) is 5.79. The Morgan fingerprint density at radius 3 is 2.35 bits per heavy atom. The SMILES string of the molecule is CC(C)(C)C1CCN(C(=O)CC(N)=NO)CC1. The maximum atomic E-state index is 11.8. The molecule has 98 valence electrons. The minimum absolute atomic E-state index is 0.0106. The van der Waals surface area contributed by atoms with Gasteiger partial charge >= 0.3 is 0 Å². The molecule has 0 atom stereocenters. The molecule has 1 heterocycles. The second kappa shape index (κ2) is 5.38. The summed E-state index contributed by atoms with van der Waals surface area (Å²) in [6, 6.07) is 0. The molecule has 1 rings (SSSR count). The third-order valence-electron chi connectivity index (χ3n) is 3.53. The van der Waals surface area contributed by atoms with Gasteiger partial charge in [-0.1, -0.05) is 25.9 Å². The smallest absolute Gasteiger partial charge is 0.230 e. The number of amides is 1. The molecule has 0 radical (unpaired) electrons. The summed E-state index contributed by atoms with van der Waals surface area (Å²) in [5, 5.41) is 11.2. The van der Waals surface area contributed by atoms with Crippen molar-refractivity contribution in [3.8, 4) is 0 Å². The van der Waals surface area contributed by atoms with Crippen molar-refractivity contribution in [3.05, 3.63) is 0 Å². The number of carbonyl (C=O) groups is 1. The molecular weight excluding hydrogens is 218 g/mol. The van der Waals surface area contributed by atoms with E-state index in [9.17, 15) is 4.79 Å². The fourth-order valence-electron chi connectivity index (χ4n) is 2.30. The predicted molar refractivity (Wildman–Crippen MR) is 66.8 cm³/mol. The van der Waals surface area contributed by atoms with Crippen LogP contribution in [0.1, 0.15) is 40.0 Å². The number of rotatable bonds is 2. The van der Waals surface area contributed by atoms with Crippen molar-refractivity contribution in [1.82, 2.24) is 4.90 Å². The van der Waals surface area contributed by atoms with Gasteiger partial charge in [-0.2, -0.15) is 0 Å². The van der Waals surface area contributed by atoms with E-state index in [1.807, 2.05) is 0 Å². The van der Waals surface area contributed by atoms with Crippen LogP contribution >= 0.6 is 0 Å². The van der Waals surface area contributed by atoms with Gasteiger partial charge in [0.15, 0.2) is 0 Å². The molecule has 17 heavy (non-hydrogen) atoms.